The fourth-order valence-electron chi connectivity index (χ4n) is 1.09. The molecule has 0 fully saturated rings. The van der Waals surface area contributed by atoms with E-state index in [2.05, 4.69) is 52.9 Å². The van der Waals surface area contributed by atoms with E-state index in [-0.39, 0.29) is 0 Å². The summed E-state index contributed by atoms with van der Waals surface area (Å²) in [5.41, 5.74) is 0. The van der Waals surface area contributed by atoms with Gasteiger partial charge < -0.3 is 0 Å². The molecule has 0 saturated carbocycles. The molecule has 1 heteroatoms. The molecular formula is C10H6I. The standard InChI is InChI=1S/C10H6I/c11-10-6-5-8-3-1-2-4-9(8)7-10/h1-6H. The Hall–Kier alpha value is -0.570. The summed E-state index contributed by atoms with van der Waals surface area (Å²) in [7, 11) is 0. The van der Waals surface area contributed by atoms with Crippen LogP contribution in [0, 0.1) is 9.64 Å². The monoisotopic (exact) mass is 253 g/mol. The van der Waals surface area contributed by atoms with Crippen LogP contribution in [0.4, 0.5) is 0 Å². The zero-order valence-corrected chi connectivity index (χ0v) is 8.00. The third kappa shape index (κ3) is 1.38. The van der Waals surface area contributed by atoms with Crippen molar-refractivity contribution >= 4 is 33.4 Å². The predicted molar refractivity (Wildman–Crippen MR) is 55.5 cm³/mol. The van der Waals surface area contributed by atoms with E-state index in [0.717, 1.165) is 0 Å². The molecule has 0 heterocycles. The average Bonchev–Trinajstić information content (AvgIpc) is 2.04. The molecule has 0 amide bonds. The molecule has 0 bridgehead atoms. The van der Waals surface area contributed by atoms with Gasteiger partial charge >= 0.3 is 0 Å². The molecule has 0 unspecified atom stereocenters. The minimum Gasteiger partial charge on any atom is -0.0616 e. The van der Waals surface area contributed by atoms with Gasteiger partial charge in [0.15, 0.2) is 0 Å². The minimum atomic E-state index is 1.17. The third-order valence-electron chi connectivity index (χ3n) is 1.62. The highest BCUT2D eigenvalue weighted by molar-refractivity contribution is 14.1. The molecule has 2 rings (SSSR count). The molecule has 0 saturated heterocycles. The first-order valence-corrected chi connectivity index (χ1v) is 4.51. The zero-order valence-electron chi connectivity index (χ0n) is 5.84. The number of benzene rings is 2. The molecule has 0 atom stereocenters. The van der Waals surface area contributed by atoms with E-state index >= 15 is 0 Å². The molecule has 0 N–H and O–H groups in total. The largest absolute Gasteiger partial charge is 0.0616 e. The highest BCUT2D eigenvalue weighted by Crippen LogP contribution is 2.15. The van der Waals surface area contributed by atoms with Gasteiger partial charge in [-0.05, 0) is 39.4 Å². The van der Waals surface area contributed by atoms with Crippen molar-refractivity contribution in [2.45, 2.75) is 0 Å². The van der Waals surface area contributed by atoms with Crippen LogP contribution < -0.4 is 0 Å². The van der Waals surface area contributed by atoms with Crippen molar-refractivity contribution in [2.75, 3.05) is 0 Å². The molecule has 0 nitrogen and oxygen atoms in total. The summed E-state index contributed by atoms with van der Waals surface area (Å²) in [5.74, 6) is 0. The van der Waals surface area contributed by atoms with E-state index in [1.165, 1.54) is 14.3 Å². The van der Waals surface area contributed by atoms with Gasteiger partial charge in [-0.15, -0.1) is 0 Å². The normalized spacial score (nSPS) is 10.3. The Morgan fingerprint density at radius 1 is 1.00 bits per heavy atom. The Morgan fingerprint density at radius 3 is 2.73 bits per heavy atom. The fraction of sp³-hybridized carbons (Fsp3) is 0. The van der Waals surface area contributed by atoms with Gasteiger partial charge in [0.2, 0.25) is 0 Å². The summed E-state index contributed by atoms with van der Waals surface area (Å²) in [6.45, 7) is 0. The molecule has 2 aromatic carbocycles. The van der Waals surface area contributed by atoms with Crippen molar-refractivity contribution in [1.82, 2.24) is 0 Å². The molecule has 0 aliphatic heterocycles. The second-order valence-corrected chi connectivity index (χ2v) is 3.56. The highest BCUT2D eigenvalue weighted by Gasteiger charge is 1.91. The van der Waals surface area contributed by atoms with Gasteiger partial charge in [-0.2, -0.15) is 0 Å². The van der Waals surface area contributed by atoms with Crippen LogP contribution in [0.25, 0.3) is 10.8 Å². The predicted octanol–water partition coefficient (Wildman–Crippen LogP) is 3.24. The number of hydrogen-bond acceptors (Lipinski definition) is 0. The molecule has 11 heavy (non-hydrogen) atoms. The van der Waals surface area contributed by atoms with Crippen LogP contribution in [0.2, 0.25) is 0 Å². The summed E-state index contributed by atoms with van der Waals surface area (Å²) < 4.78 is 1.17. The van der Waals surface area contributed by atoms with Crippen molar-refractivity contribution < 1.29 is 0 Å². The number of fused-ring (bicyclic) bond motifs is 1. The Morgan fingerprint density at radius 2 is 1.82 bits per heavy atom. The molecule has 1 radical (unpaired) electrons. The molecule has 53 valence electrons. The lowest BCUT2D eigenvalue weighted by Crippen LogP contribution is -1.73. The highest BCUT2D eigenvalue weighted by atomic mass is 127. The number of hydrogen-bond donors (Lipinski definition) is 0. The Balaban J connectivity index is 2.83. The topological polar surface area (TPSA) is 0 Å². The fourth-order valence-corrected chi connectivity index (χ4v) is 1.56. The quantitative estimate of drug-likeness (QED) is 0.632. The first kappa shape index (κ1) is 7.10. The molecule has 2 aromatic rings. The maximum atomic E-state index is 3.28. The van der Waals surface area contributed by atoms with E-state index in [4.69, 9.17) is 0 Å². The number of rotatable bonds is 0. The van der Waals surface area contributed by atoms with E-state index < -0.39 is 0 Å². The first-order valence-electron chi connectivity index (χ1n) is 3.43. The van der Waals surface area contributed by atoms with Crippen molar-refractivity contribution in [3.8, 4) is 0 Å². The van der Waals surface area contributed by atoms with Gasteiger partial charge in [0.25, 0.3) is 0 Å². The smallest absolute Gasteiger partial charge is 0.0215 e. The lowest BCUT2D eigenvalue weighted by atomic mass is 10.1. The van der Waals surface area contributed by atoms with Gasteiger partial charge in [0, 0.05) is 9.64 Å². The van der Waals surface area contributed by atoms with Crippen LogP contribution in [0.3, 0.4) is 0 Å². The van der Waals surface area contributed by atoms with Crippen LogP contribution >= 0.6 is 22.6 Å². The summed E-state index contributed by atoms with van der Waals surface area (Å²) >= 11 is 2.27. The van der Waals surface area contributed by atoms with Crippen LogP contribution in [0.1, 0.15) is 0 Å². The second-order valence-electron chi connectivity index (χ2n) is 2.39. The van der Waals surface area contributed by atoms with Gasteiger partial charge in [-0.25, -0.2) is 0 Å². The maximum absolute atomic E-state index is 3.28. The zero-order chi connectivity index (χ0) is 7.68. The van der Waals surface area contributed by atoms with Gasteiger partial charge in [0.05, 0.1) is 0 Å². The Kier molecular flexibility index (Phi) is 1.82. The average molecular weight is 253 g/mol. The van der Waals surface area contributed by atoms with Gasteiger partial charge in [-0.1, -0.05) is 30.3 Å². The van der Waals surface area contributed by atoms with Crippen molar-refractivity contribution in [3.05, 3.63) is 46.0 Å². The van der Waals surface area contributed by atoms with E-state index in [1.54, 1.807) is 0 Å². The summed E-state index contributed by atoms with van der Waals surface area (Å²) in [6, 6.07) is 15.7. The summed E-state index contributed by atoms with van der Waals surface area (Å²) in [4.78, 5) is 0. The second kappa shape index (κ2) is 2.81. The van der Waals surface area contributed by atoms with Crippen LogP contribution in [-0.4, -0.2) is 0 Å². The van der Waals surface area contributed by atoms with Gasteiger partial charge in [-0.3, -0.25) is 0 Å². The molecule has 0 aromatic heterocycles. The van der Waals surface area contributed by atoms with Gasteiger partial charge in [0.1, 0.15) is 0 Å². The summed E-state index contributed by atoms with van der Waals surface area (Å²) in [6.07, 6.45) is 0. The van der Waals surface area contributed by atoms with Crippen LogP contribution in [0.15, 0.2) is 36.4 Å². The lowest BCUT2D eigenvalue weighted by Gasteiger charge is -1.95. The van der Waals surface area contributed by atoms with Crippen LogP contribution in [0.5, 0.6) is 0 Å². The van der Waals surface area contributed by atoms with Crippen molar-refractivity contribution in [3.63, 3.8) is 0 Å². The minimum absolute atomic E-state index is 1.17. The Bertz CT molecular complexity index is 379. The van der Waals surface area contributed by atoms with E-state index in [1.807, 2.05) is 12.1 Å². The van der Waals surface area contributed by atoms with Crippen molar-refractivity contribution in [1.29, 1.82) is 0 Å². The molecule has 0 aliphatic carbocycles. The summed E-state index contributed by atoms with van der Waals surface area (Å²) in [5, 5.41) is 2.45. The SMILES string of the molecule is Ic1[c]c2ccccc2cc1. The third-order valence-corrected chi connectivity index (χ3v) is 2.25. The van der Waals surface area contributed by atoms with E-state index in [9.17, 15) is 0 Å². The van der Waals surface area contributed by atoms with Crippen molar-refractivity contribution in [2.24, 2.45) is 0 Å². The number of halogens is 1. The maximum Gasteiger partial charge on any atom is 0.0215 e. The Labute approximate surface area is 79.4 Å². The van der Waals surface area contributed by atoms with Crippen LogP contribution in [-0.2, 0) is 0 Å². The molecular weight excluding hydrogens is 247 g/mol. The molecule has 0 aliphatic rings. The first-order chi connectivity index (χ1) is 5.36. The van der Waals surface area contributed by atoms with E-state index in [0.29, 0.717) is 0 Å². The molecule has 0 spiro atoms. The lowest BCUT2D eigenvalue weighted by molar-refractivity contribution is 1.68.